The fourth-order valence-corrected chi connectivity index (χ4v) is 1.10. The minimum absolute atomic E-state index is 0.205. The average molecular weight is 222 g/mol. The van der Waals surface area contributed by atoms with Gasteiger partial charge >= 0.3 is 0 Å². The molecule has 0 aromatic heterocycles. The van der Waals surface area contributed by atoms with Crippen molar-refractivity contribution in [2.75, 3.05) is 0 Å². The highest BCUT2D eigenvalue weighted by atomic mass is 19.2. The topological polar surface area (TPSA) is 0 Å². The van der Waals surface area contributed by atoms with Gasteiger partial charge in [-0.25, -0.2) is 17.6 Å². The number of benzene rings is 1. The fourth-order valence-electron chi connectivity index (χ4n) is 1.10. The van der Waals surface area contributed by atoms with Crippen LogP contribution < -0.4 is 0 Å². The van der Waals surface area contributed by atoms with Gasteiger partial charge in [-0.15, -0.1) is 0 Å². The average Bonchev–Trinajstić information content (AvgIpc) is 2.18. The van der Waals surface area contributed by atoms with Gasteiger partial charge in [0.15, 0.2) is 23.3 Å². The predicted molar refractivity (Wildman–Crippen MR) is 51.7 cm³/mol. The van der Waals surface area contributed by atoms with Crippen molar-refractivity contribution in [3.8, 4) is 0 Å². The second kappa shape index (κ2) is 5.73. The molecule has 0 fully saturated rings. The summed E-state index contributed by atoms with van der Waals surface area (Å²) in [4.78, 5) is 0. The first-order chi connectivity index (χ1) is 6.95. The SMILES string of the molecule is CC.CC(C)c1c(F)c(F)cc(F)c1F. The quantitative estimate of drug-likeness (QED) is 0.488. The molecule has 0 spiro atoms. The predicted octanol–water partition coefficient (Wildman–Crippen LogP) is 4.39. The van der Waals surface area contributed by atoms with E-state index < -0.39 is 34.8 Å². The minimum Gasteiger partial charge on any atom is -0.204 e. The lowest BCUT2D eigenvalue weighted by Crippen LogP contribution is -2.03. The molecule has 0 radical (unpaired) electrons. The standard InChI is InChI=1S/C9H8F4.C2H6/c1-4(2)7-8(12)5(10)3-6(11)9(7)13;1-2/h3-4H,1-2H3;1-2H3. The van der Waals surface area contributed by atoms with Crippen LogP contribution in [0.5, 0.6) is 0 Å². The van der Waals surface area contributed by atoms with Crippen molar-refractivity contribution >= 4 is 0 Å². The molecule has 0 aliphatic rings. The molecule has 0 saturated heterocycles. The van der Waals surface area contributed by atoms with E-state index in [1.165, 1.54) is 13.8 Å². The van der Waals surface area contributed by atoms with E-state index in [1.54, 1.807) is 0 Å². The highest BCUT2D eigenvalue weighted by molar-refractivity contribution is 5.25. The molecule has 0 N–H and O–H groups in total. The lowest BCUT2D eigenvalue weighted by molar-refractivity contribution is 0.432. The van der Waals surface area contributed by atoms with Gasteiger partial charge in [0.05, 0.1) is 0 Å². The zero-order valence-corrected chi connectivity index (χ0v) is 9.17. The summed E-state index contributed by atoms with van der Waals surface area (Å²) in [5, 5.41) is 0. The van der Waals surface area contributed by atoms with E-state index in [2.05, 4.69) is 0 Å². The summed E-state index contributed by atoms with van der Waals surface area (Å²) in [6.07, 6.45) is 0. The first-order valence-electron chi connectivity index (χ1n) is 4.78. The van der Waals surface area contributed by atoms with Crippen LogP contribution in [0.25, 0.3) is 0 Å². The summed E-state index contributed by atoms with van der Waals surface area (Å²) >= 11 is 0. The lowest BCUT2D eigenvalue weighted by atomic mass is 10.0. The van der Waals surface area contributed by atoms with Gasteiger partial charge < -0.3 is 0 Å². The third-order valence-electron chi connectivity index (χ3n) is 1.72. The van der Waals surface area contributed by atoms with Crippen LogP contribution in [-0.2, 0) is 0 Å². The lowest BCUT2D eigenvalue weighted by Gasteiger charge is -2.09. The Morgan fingerprint density at radius 1 is 0.867 bits per heavy atom. The summed E-state index contributed by atoms with van der Waals surface area (Å²) in [6.45, 7) is 6.92. The second-order valence-electron chi connectivity index (χ2n) is 3.04. The highest BCUT2D eigenvalue weighted by Gasteiger charge is 2.20. The van der Waals surface area contributed by atoms with Crippen LogP contribution in [0.15, 0.2) is 6.07 Å². The van der Waals surface area contributed by atoms with E-state index >= 15 is 0 Å². The molecule has 0 unspecified atom stereocenters. The van der Waals surface area contributed by atoms with Crippen molar-refractivity contribution in [3.63, 3.8) is 0 Å². The summed E-state index contributed by atoms with van der Waals surface area (Å²) in [6, 6.07) is 0.205. The van der Waals surface area contributed by atoms with Gasteiger partial charge in [0.1, 0.15) is 0 Å². The zero-order chi connectivity index (χ0) is 12.2. The van der Waals surface area contributed by atoms with Crippen molar-refractivity contribution in [2.45, 2.75) is 33.6 Å². The first-order valence-corrected chi connectivity index (χ1v) is 4.78. The van der Waals surface area contributed by atoms with Crippen molar-refractivity contribution in [1.82, 2.24) is 0 Å². The van der Waals surface area contributed by atoms with Crippen LogP contribution in [0.1, 0.15) is 39.2 Å². The van der Waals surface area contributed by atoms with Crippen molar-refractivity contribution < 1.29 is 17.6 Å². The van der Waals surface area contributed by atoms with Crippen molar-refractivity contribution in [2.24, 2.45) is 0 Å². The van der Waals surface area contributed by atoms with Gasteiger partial charge in [-0.1, -0.05) is 27.7 Å². The van der Waals surface area contributed by atoms with Crippen LogP contribution in [0.4, 0.5) is 17.6 Å². The highest BCUT2D eigenvalue weighted by Crippen LogP contribution is 2.25. The smallest absolute Gasteiger partial charge is 0.165 e. The van der Waals surface area contributed by atoms with Gasteiger partial charge in [-0.2, -0.15) is 0 Å². The molecule has 0 nitrogen and oxygen atoms in total. The van der Waals surface area contributed by atoms with E-state index in [-0.39, 0.29) is 6.07 Å². The molecule has 0 atom stereocenters. The summed E-state index contributed by atoms with van der Waals surface area (Å²) < 4.78 is 51.0. The molecule has 0 aliphatic carbocycles. The molecular formula is C11H14F4. The zero-order valence-electron chi connectivity index (χ0n) is 9.17. The monoisotopic (exact) mass is 222 g/mol. The van der Waals surface area contributed by atoms with Crippen molar-refractivity contribution in [3.05, 3.63) is 34.9 Å². The third-order valence-corrected chi connectivity index (χ3v) is 1.72. The second-order valence-corrected chi connectivity index (χ2v) is 3.04. The molecule has 0 saturated carbocycles. The van der Waals surface area contributed by atoms with E-state index in [4.69, 9.17) is 0 Å². The molecule has 0 heterocycles. The number of halogens is 4. The summed E-state index contributed by atoms with van der Waals surface area (Å²) in [7, 11) is 0. The van der Waals surface area contributed by atoms with Crippen LogP contribution in [0, 0.1) is 23.3 Å². The van der Waals surface area contributed by atoms with E-state index in [9.17, 15) is 17.6 Å². The normalized spacial score (nSPS) is 9.93. The van der Waals surface area contributed by atoms with Crippen molar-refractivity contribution in [1.29, 1.82) is 0 Å². The Morgan fingerprint density at radius 3 is 1.47 bits per heavy atom. The Kier molecular flexibility index (Phi) is 5.33. The van der Waals surface area contributed by atoms with Crippen LogP contribution in [-0.4, -0.2) is 0 Å². The molecule has 1 rings (SSSR count). The molecule has 1 aromatic rings. The number of rotatable bonds is 1. The number of hydrogen-bond acceptors (Lipinski definition) is 0. The van der Waals surface area contributed by atoms with Gasteiger partial charge in [-0.3, -0.25) is 0 Å². The molecule has 0 amide bonds. The minimum atomic E-state index is -1.36. The van der Waals surface area contributed by atoms with Crippen LogP contribution >= 0.6 is 0 Å². The van der Waals surface area contributed by atoms with Gasteiger partial charge in [0, 0.05) is 11.6 Å². The molecule has 86 valence electrons. The molecule has 4 heteroatoms. The maximum absolute atomic E-state index is 12.9. The first kappa shape index (κ1) is 13.9. The van der Waals surface area contributed by atoms with Gasteiger partial charge in [0.2, 0.25) is 0 Å². The maximum atomic E-state index is 12.9. The fraction of sp³-hybridized carbons (Fsp3) is 0.455. The largest absolute Gasteiger partial charge is 0.204 e. The van der Waals surface area contributed by atoms with Gasteiger partial charge in [0.25, 0.3) is 0 Å². The molecule has 0 bridgehead atoms. The Morgan fingerprint density at radius 2 is 1.20 bits per heavy atom. The Hall–Kier alpha value is -1.06. The Labute approximate surface area is 86.9 Å². The van der Waals surface area contributed by atoms with E-state index in [0.717, 1.165) is 0 Å². The molecule has 1 aromatic carbocycles. The third kappa shape index (κ3) is 2.94. The van der Waals surface area contributed by atoms with Gasteiger partial charge in [-0.05, 0) is 5.92 Å². The Balaban J connectivity index is 0.000000921. The molecule has 15 heavy (non-hydrogen) atoms. The maximum Gasteiger partial charge on any atom is 0.165 e. The van der Waals surface area contributed by atoms with Crippen LogP contribution in [0.3, 0.4) is 0 Å². The molecular weight excluding hydrogens is 208 g/mol. The van der Waals surface area contributed by atoms with E-state index in [0.29, 0.717) is 0 Å². The number of hydrogen-bond donors (Lipinski definition) is 0. The van der Waals surface area contributed by atoms with Crippen LogP contribution in [0.2, 0.25) is 0 Å². The Bertz CT molecular complexity index is 306. The molecule has 0 aliphatic heterocycles. The van der Waals surface area contributed by atoms with E-state index in [1.807, 2.05) is 13.8 Å². The summed E-state index contributed by atoms with van der Waals surface area (Å²) in [5.41, 5.74) is -0.544. The summed E-state index contributed by atoms with van der Waals surface area (Å²) in [5.74, 6) is -5.93.